The number of carbonyl (C=O) groups excluding carboxylic acids is 2. The molecule has 0 aromatic heterocycles. The summed E-state index contributed by atoms with van der Waals surface area (Å²) in [5.41, 5.74) is -0.384. The van der Waals surface area contributed by atoms with Crippen molar-refractivity contribution in [2.45, 2.75) is 46.1 Å². The Morgan fingerprint density at radius 3 is 2.24 bits per heavy atom. The first kappa shape index (κ1) is 15.9. The molecule has 2 N–H and O–H groups in total. The molecule has 3 amide bonds. The summed E-state index contributed by atoms with van der Waals surface area (Å²) in [4.78, 5) is 25.1. The van der Waals surface area contributed by atoms with Gasteiger partial charge >= 0.3 is 12.1 Å². The van der Waals surface area contributed by atoms with E-state index in [0.717, 1.165) is 25.9 Å². The van der Waals surface area contributed by atoms with E-state index < -0.39 is 5.60 Å². The highest BCUT2D eigenvalue weighted by molar-refractivity contribution is 5.74. The molecule has 2 rings (SSSR count). The van der Waals surface area contributed by atoms with Crippen molar-refractivity contribution in [1.29, 1.82) is 0 Å². The molecule has 0 radical (unpaired) electrons. The molecule has 21 heavy (non-hydrogen) atoms. The molecule has 2 aliphatic rings. The first-order valence-corrected chi connectivity index (χ1v) is 7.69. The van der Waals surface area contributed by atoms with E-state index in [2.05, 4.69) is 17.6 Å². The molecule has 2 aliphatic heterocycles. The zero-order valence-electron chi connectivity index (χ0n) is 13.5. The first-order chi connectivity index (χ1) is 9.70. The minimum atomic E-state index is -0.447. The Balaban J connectivity index is 1.85. The highest BCUT2D eigenvalue weighted by atomic mass is 16.6. The summed E-state index contributed by atoms with van der Waals surface area (Å²) in [5, 5.41) is 5.76. The molecule has 2 heterocycles. The summed E-state index contributed by atoms with van der Waals surface area (Å²) in [6, 6.07) is -0.0846. The van der Waals surface area contributed by atoms with E-state index in [1.807, 2.05) is 20.8 Å². The summed E-state index contributed by atoms with van der Waals surface area (Å²) in [6.45, 7) is 10.7. The first-order valence-electron chi connectivity index (χ1n) is 7.69. The molecule has 0 spiro atoms. The van der Waals surface area contributed by atoms with Crippen LogP contribution >= 0.6 is 0 Å². The summed E-state index contributed by atoms with van der Waals surface area (Å²) in [7, 11) is 0. The normalized spacial score (nSPS) is 23.2. The lowest BCUT2D eigenvalue weighted by Gasteiger charge is -2.44. The molecule has 0 aromatic rings. The van der Waals surface area contributed by atoms with Crippen LogP contribution in [0.5, 0.6) is 0 Å². The molecule has 0 unspecified atom stereocenters. The predicted molar refractivity (Wildman–Crippen MR) is 80.0 cm³/mol. The third kappa shape index (κ3) is 4.02. The largest absolute Gasteiger partial charge is 0.444 e. The standard InChI is InChI=1S/C15H27N3O3/c1-14(2,3)21-13(20)18-7-5-11(6-8-18)15(4)9-16-12(19)17-10-15/h11H,5-10H2,1-4H3,(H2,16,17,19). The van der Waals surface area contributed by atoms with Gasteiger partial charge in [-0.15, -0.1) is 0 Å². The van der Waals surface area contributed by atoms with E-state index in [0.29, 0.717) is 19.0 Å². The van der Waals surface area contributed by atoms with Gasteiger partial charge in [-0.3, -0.25) is 0 Å². The Kier molecular flexibility index (Phi) is 4.35. The molecule has 6 heteroatoms. The number of nitrogens with zero attached hydrogens (tertiary/aromatic N) is 1. The average molecular weight is 297 g/mol. The molecule has 0 aromatic carbocycles. The summed E-state index contributed by atoms with van der Waals surface area (Å²) < 4.78 is 5.41. The Morgan fingerprint density at radius 2 is 1.76 bits per heavy atom. The Bertz CT molecular complexity index is 399. The fourth-order valence-corrected chi connectivity index (χ4v) is 3.06. The van der Waals surface area contributed by atoms with Gasteiger partial charge in [-0.05, 0) is 39.5 Å². The zero-order chi connectivity index (χ0) is 15.7. The third-order valence-corrected chi connectivity index (χ3v) is 4.44. The van der Waals surface area contributed by atoms with Crippen molar-refractivity contribution in [2.24, 2.45) is 11.3 Å². The van der Waals surface area contributed by atoms with Crippen molar-refractivity contribution in [1.82, 2.24) is 15.5 Å². The van der Waals surface area contributed by atoms with Crippen LogP contribution in [0, 0.1) is 11.3 Å². The second-order valence-electron chi connectivity index (χ2n) is 7.43. The Hall–Kier alpha value is -1.46. The maximum atomic E-state index is 12.1. The van der Waals surface area contributed by atoms with Crippen LogP contribution in [0.2, 0.25) is 0 Å². The summed E-state index contributed by atoms with van der Waals surface area (Å²) in [5.74, 6) is 0.504. The van der Waals surface area contributed by atoms with Crippen molar-refractivity contribution in [2.75, 3.05) is 26.2 Å². The number of hydrogen-bond acceptors (Lipinski definition) is 3. The molecule has 0 bridgehead atoms. The maximum Gasteiger partial charge on any atom is 0.410 e. The molecule has 0 aliphatic carbocycles. The molecule has 2 saturated heterocycles. The number of nitrogens with one attached hydrogen (secondary N) is 2. The van der Waals surface area contributed by atoms with E-state index in [4.69, 9.17) is 4.74 Å². The number of piperidine rings is 1. The van der Waals surface area contributed by atoms with Crippen LogP contribution in [0.3, 0.4) is 0 Å². The van der Waals surface area contributed by atoms with E-state index in [1.54, 1.807) is 4.90 Å². The zero-order valence-corrected chi connectivity index (χ0v) is 13.5. The topological polar surface area (TPSA) is 70.7 Å². The fraction of sp³-hybridized carbons (Fsp3) is 0.867. The second kappa shape index (κ2) is 5.73. The lowest BCUT2D eigenvalue weighted by molar-refractivity contribution is 0.01000. The minimum Gasteiger partial charge on any atom is -0.444 e. The highest BCUT2D eigenvalue weighted by Gasteiger charge is 2.40. The monoisotopic (exact) mass is 297 g/mol. The van der Waals surface area contributed by atoms with Crippen LogP contribution in [0.25, 0.3) is 0 Å². The van der Waals surface area contributed by atoms with Gasteiger partial charge in [0.2, 0.25) is 0 Å². The lowest BCUT2D eigenvalue weighted by atomic mass is 9.71. The van der Waals surface area contributed by atoms with Crippen LogP contribution in [0.1, 0.15) is 40.5 Å². The van der Waals surface area contributed by atoms with Gasteiger partial charge in [0.25, 0.3) is 0 Å². The summed E-state index contributed by atoms with van der Waals surface area (Å²) in [6.07, 6.45) is 1.68. The van der Waals surface area contributed by atoms with Gasteiger partial charge in [-0.25, -0.2) is 9.59 Å². The van der Waals surface area contributed by atoms with Crippen molar-refractivity contribution >= 4 is 12.1 Å². The van der Waals surface area contributed by atoms with E-state index >= 15 is 0 Å². The molecule has 6 nitrogen and oxygen atoms in total. The van der Waals surface area contributed by atoms with Crippen LogP contribution in [0.15, 0.2) is 0 Å². The summed E-state index contributed by atoms with van der Waals surface area (Å²) >= 11 is 0. The van der Waals surface area contributed by atoms with Crippen molar-refractivity contribution < 1.29 is 14.3 Å². The molecule has 2 fully saturated rings. The van der Waals surface area contributed by atoms with E-state index in [9.17, 15) is 9.59 Å². The average Bonchev–Trinajstić information content (AvgIpc) is 2.41. The van der Waals surface area contributed by atoms with E-state index in [-0.39, 0.29) is 17.5 Å². The van der Waals surface area contributed by atoms with Crippen LogP contribution in [-0.2, 0) is 4.74 Å². The quantitative estimate of drug-likeness (QED) is 0.777. The van der Waals surface area contributed by atoms with Gasteiger partial charge in [0.05, 0.1) is 0 Å². The second-order valence-corrected chi connectivity index (χ2v) is 7.43. The number of urea groups is 1. The highest BCUT2D eigenvalue weighted by Crippen LogP contribution is 2.35. The van der Waals surface area contributed by atoms with Crippen molar-refractivity contribution in [3.8, 4) is 0 Å². The molecular formula is C15H27N3O3. The van der Waals surface area contributed by atoms with E-state index in [1.165, 1.54) is 0 Å². The van der Waals surface area contributed by atoms with Crippen LogP contribution < -0.4 is 10.6 Å². The third-order valence-electron chi connectivity index (χ3n) is 4.44. The van der Waals surface area contributed by atoms with Gasteiger partial charge in [0.15, 0.2) is 0 Å². The van der Waals surface area contributed by atoms with Crippen LogP contribution in [-0.4, -0.2) is 48.8 Å². The Morgan fingerprint density at radius 1 is 1.24 bits per heavy atom. The fourth-order valence-electron chi connectivity index (χ4n) is 3.06. The van der Waals surface area contributed by atoms with Gasteiger partial charge in [0.1, 0.15) is 5.60 Å². The number of hydrogen-bond donors (Lipinski definition) is 2. The number of carbonyl (C=O) groups is 2. The van der Waals surface area contributed by atoms with Gasteiger partial charge in [-0.2, -0.15) is 0 Å². The SMILES string of the molecule is CC(C)(C)OC(=O)N1CCC(C2(C)CNC(=O)NC2)CC1. The molecular weight excluding hydrogens is 270 g/mol. The maximum absolute atomic E-state index is 12.1. The van der Waals surface area contributed by atoms with Crippen LogP contribution in [0.4, 0.5) is 9.59 Å². The smallest absolute Gasteiger partial charge is 0.410 e. The lowest BCUT2D eigenvalue weighted by Crippen LogP contribution is -2.58. The van der Waals surface area contributed by atoms with Gasteiger partial charge in [0, 0.05) is 31.6 Å². The molecule has 120 valence electrons. The predicted octanol–water partition coefficient (Wildman–Crippen LogP) is 1.95. The number of likely N-dealkylation sites (tertiary alicyclic amines) is 1. The number of rotatable bonds is 1. The number of ether oxygens (including phenoxy) is 1. The molecule has 0 saturated carbocycles. The number of amides is 3. The van der Waals surface area contributed by atoms with Gasteiger partial charge in [-0.1, -0.05) is 6.92 Å². The van der Waals surface area contributed by atoms with Gasteiger partial charge < -0.3 is 20.3 Å². The Labute approximate surface area is 126 Å². The molecule has 0 atom stereocenters. The minimum absolute atomic E-state index is 0.0634. The van der Waals surface area contributed by atoms with Crippen molar-refractivity contribution in [3.05, 3.63) is 0 Å². The van der Waals surface area contributed by atoms with Crippen molar-refractivity contribution in [3.63, 3.8) is 0 Å².